The Morgan fingerprint density at radius 2 is 1.86 bits per heavy atom. The molecule has 0 amide bonds. The highest BCUT2D eigenvalue weighted by Gasteiger charge is 2.32. The third-order valence-corrected chi connectivity index (χ3v) is 3.97. The summed E-state index contributed by atoms with van der Waals surface area (Å²) in [6, 6.07) is 6.61. The average Bonchev–Trinajstić information content (AvgIpc) is 2.76. The summed E-state index contributed by atoms with van der Waals surface area (Å²) in [5, 5.41) is 20.6. The van der Waals surface area contributed by atoms with E-state index in [0.717, 1.165) is 0 Å². The molecule has 0 bridgehead atoms. The molecule has 22 heavy (non-hydrogen) atoms. The minimum Gasteiger partial charge on any atom is -0.476 e. The van der Waals surface area contributed by atoms with Crippen molar-refractivity contribution < 1.29 is 15.0 Å². The van der Waals surface area contributed by atoms with Gasteiger partial charge in [-0.25, -0.2) is 9.78 Å². The molecule has 0 spiro atoms. The van der Waals surface area contributed by atoms with Crippen LogP contribution < -0.4 is 0 Å². The smallest absolute Gasteiger partial charge is 0.356 e. The molecule has 5 nitrogen and oxygen atoms in total. The largest absolute Gasteiger partial charge is 0.476 e. The van der Waals surface area contributed by atoms with E-state index in [4.69, 9.17) is 11.6 Å². The lowest BCUT2D eigenvalue weighted by Gasteiger charge is -2.27. The molecular formula is C15H16BrClN2O3. The highest BCUT2D eigenvalue weighted by molar-refractivity contribution is 9.10. The van der Waals surface area contributed by atoms with Gasteiger partial charge in [-0.15, -0.1) is 0 Å². The summed E-state index contributed by atoms with van der Waals surface area (Å²) in [6.07, 6.45) is -1.12. The third-order valence-electron chi connectivity index (χ3n) is 3.19. The number of aromatic nitrogens is 2. The van der Waals surface area contributed by atoms with E-state index in [2.05, 4.69) is 20.9 Å². The Morgan fingerprint density at radius 1 is 1.32 bits per heavy atom. The van der Waals surface area contributed by atoms with Crippen molar-refractivity contribution in [1.82, 2.24) is 9.55 Å². The molecule has 0 radical (unpaired) electrons. The normalized spacial score (nSPS) is 13.2. The minimum atomic E-state index is -1.19. The average molecular weight is 388 g/mol. The number of carboxylic acids is 1. The van der Waals surface area contributed by atoms with Gasteiger partial charge in [0.25, 0.3) is 0 Å². The van der Waals surface area contributed by atoms with Crippen LogP contribution in [-0.4, -0.2) is 25.7 Å². The van der Waals surface area contributed by atoms with Crippen LogP contribution in [0.4, 0.5) is 0 Å². The van der Waals surface area contributed by atoms with E-state index < -0.39 is 17.6 Å². The minimum absolute atomic E-state index is 0.177. The Balaban J connectivity index is 2.66. The zero-order valence-corrected chi connectivity index (χ0v) is 14.7. The van der Waals surface area contributed by atoms with Crippen molar-refractivity contribution >= 4 is 33.5 Å². The standard InChI is InChI=1S/C15H16BrClN2O3/c1-15(2,3)19-11(10(13(21)22)18-14(19)16)12(20)8-4-6-9(17)7-5-8/h4-7,12,20H,1-3H3,(H,21,22). The van der Waals surface area contributed by atoms with Gasteiger partial charge in [-0.05, 0) is 54.4 Å². The summed E-state index contributed by atoms with van der Waals surface area (Å²) >= 11 is 9.13. The first-order chi connectivity index (χ1) is 10.1. The Hall–Kier alpha value is -1.37. The van der Waals surface area contributed by atoms with E-state index in [1.54, 1.807) is 28.8 Å². The van der Waals surface area contributed by atoms with Crippen molar-refractivity contribution in [2.45, 2.75) is 32.4 Å². The number of imidazole rings is 1. The molecule has 2 rings (SSSR count). The second-order valence-corrected chi connectivity index (χ2v) is 7.03. The van der Waals surface area contributed by atoms with Gasteiger partial charge < -0.3 is 14.8 Å². The maximum absolute atomic E-state index is 11.5. The molecule has 0 saturated carbocycles. The Kier molecular flexibility index (Phi) is 4.65. The number of carboxylic acid groups (broad SMARTS) is 1. The molecule has 1 atom stereocenters. The molecule has 0 saturated heterocycles. The van der Waals surface area contributed by atoms with Crippen LogP contribution in [0.5, 0.6) is 0 Å². The first-order valence-electron chi connectivity index (χ1n) is 6.58. The number of aliphatic hydroxyl groups excluding tert-OH is 1. The lowest BCUT2D eigenvalue weighted by Crippen LogP contribution is -2.26. The number of halogens is 2. The van der Waals surface area contributed by atoms with E-state index in [1.807, 2.05) is 20.8 Å². The van der Waals surface area contributed by atoms with Gasteiger partial charge in [0.2, 0.25) is 0 Å². The third kappa shape index (κ3) is 3.19. The fourth-order valence-electron chi connectivity index (χ4n) is 2.26. The lowest BCUT2D eigenvalue weighted by atomic mass is 10.0. The molecular weight excluding hydrogens is 372 g/mol. The number of carbonyl (C=O) groups is 1. The van der Waals surface area contributed by atoms with Crippen LogP contribution in [0.25, 0.3) is 0 Å². The summed E-state index contributed by atoms with van der Waals surface area (Å²) in [6.45, 7) is 5.72. The van der Waals surface area contributed by atoms with Gasteiger partial charge in [0, 0.05) is 10.6 Å². The van der Waals surface area contributed by atoms with Gasteiger partial charge in [-0.2, -0.15) is 0 Å². The van der Waals surface area contributed by atoms with Crippen LogP contribution in [0.2, 0.25) is 5.02 Å². The number of benzene rings is 1. The van der Waals surface area contributed by atoms with E-state index in [-0.39, 0.29) is 11.4 Å². The first kappa shape index (κ1) is 17.0. The molecule has 0 aliphatic heterocycles. The molecule has 0 aliphatic rings. The summed E-state index contributed by atoms with van der Waals surface area (Å²) in [5.74, 6) is -1.19. The van der Waals surface area contributed by atoms with Crippen LogP contribution in [-0.2, 0) is 5.54 Å². The monoisotopic (exact) mass is 386 g/mol. The highest BCUT2D eigenvalue weighted by atomic mass is 79.9. The summed E-state index contributed by atoms with van der Waals surface area (Å²) < 4.78 is 2.04. The topological polar surface area (TPSA) is 75.4 Å². The van der Waals surface area contributed by atoms with Crippen molar-refractivity contribution in [1.29, 1.82) is 0 Å². The molecule has 2 N–H and O–H groups in total. The molecule has 0 fully saturated rings. The lowest BCUT2D eigenvalue weighted by molar-refractivity contribution is 0.0684. The van der Waals surface area contributed by atoms with Crippen molar-refractivity contribution in [2.24, 2.45) is 0 Å². The fourth-order valence-corrected chi connectivity index (χ4v) is 3.28. The predicted octanol–water partition coefficient (Wildman–Crippen LogP) is 3.83. The molecule has 118 valence electrons. The molecule has 1 heterocycles. The predicted molar refractivity (Wildman–Crippen MR) is 87.4 cm³/mol. The number of hydrogen-bond acceptors (Lipinski definition) is 3. The van der Waals surface area contributed by atoms with Crippen LogP contribution >= 0.6 is 27.5 Å². The van der Waals surface area contributed by atoms with Crippen LogP contribution in [0.1, 0.15) is 48.6 Å². The zero-order chi connectivity index (χ0) is 16.7. The molecule has 1 aromatic carbocycles. The second-order valence-electron chi connectivity index (χ2n) is 5.88. The number of rotatable bonds is 3. The summed E-state index contributed by atoms with van der Waals surface area (Å²) in [5.41, 5.74) is 0.144. The molecule has 1 unspecified atom stereocenters. The molecule has 0 aliphatic carbocycles. The van der Waals surface area contributed by atoms with E-state index in [1.165, 1.54) is 0 Å². The van der Waals surface area contributed by atoms with Crippen molar-refractivity contribution in [3.05, 3.63) is 51.0 Å². The second kappa shape index (κ2) is 6.02. The Morgan fingerprint density at radius 3 is 2.32 bits per heavy atom. The van der Waals surface area contributed by atoms with E-state index in [0.29, 0.717) is 15.3 Å². The fraction of sp³-hybridized carbons (Fsp3) is 0.333. The quantitative estimate of drug-likeness (QED) is 0.839. The molecule has 7 heteroatoms. The number of hydrogen-bond donors (Lipinski definition) is 2. The zero-order valence-electron chi connectivity index (χ0n) is 12.3. The van der Waals surface area contributed by atoms with E-state index in [9.17, 15) is 15.0 Å². The Bertz CT molecular complexity index is 705. The SMILES string of the molecule is CC(C)(C)n1c(Br)nc(C(=O)O)c1C(O)c1ccc(Cl)cc1. The maximum Gasteiger partial charge on any atom is 0.356 e. The first-order valence-corrected chi connectivity index (χ1v) is 7.75. The van der Waals surface area contributed by atoms with Crippen LogP contribution in [0, 0.1) is 0 Å². The van der Waals surface area contributed by atoms with Crippen LogP contribution in [0.3, 0.4) is 0 Å². The number of aliphatic hydroxyl groups is 1. The van der Waals surface area contributed by atoms with Crippen LogP contribution in [0.15, 0.2) is 29.0 Å². The summed E-state index contributed by atoms with van der Waals surface area (Å²) in [7, 11) is 0. The van der Waals surface area contributed by atoms with Crippen molar-refractivity contribution in [3.63, 3.8) is 0 Å². The maximum atomic E-state index is 11.5. The molecule has 2 aromatic rings. The van der Waals surface area contributed by atoms with Gasteiger partial charge in [0.05, 0.1) is 5.69 Å². The van der Waals surface area contributed by atoms with Crippen molar-refractivity contribution in [3.8, 4) is 0 Å². The van der Waals surface area contributed by atoms with Crippen molar-refractivity contribution in [2.75, 3.05) is 0 Å². The summed E-state index contributed by atoms with van der Waals surface area (Å²) in [4.78, 5) is 15.5. The molecule has 1 aromatic heterocycles. The van der Waals surface area contributed by atoms with Gasteiger partial charge in [-0.1, -0.05) is 23.7 Å². The van der Waals surface area contributed by atoms with E-state index >= 15 is 0 Å². The van der Waals surface area contributed by atoms with Gasteiger partial charge in [0.1, 0.15) is 6.10 Å². The highest BCUT2D eigenvalue weighted by Crippen LogP contribution is 2.33. The van der Waals surface area contributed by atoms with Gasteiger partial charge in [-0.3, -0.25) is 0 Å². The number of nitrogens with zero attached hydrogens (tertiary/aromatic N) is 2. The number of aromatic carboxylic acids is 1. The van der Waals surface area contributed by atoms with Gasteiger partial charge in [0.15, 0.2) is 10.4 Å². The Labute approximate surface area is 141 Å². The van der Waals surface area contributed by atoms with Gasteiger partial charge >= 0.3 is 5.97 Å².